The minimum atomic E-state index is -2.03. The van der Waals surface area contributed by atoms with Crippen molar-refractivity contribution in [1.29, 1.82) is 0 Å². The normalized spacial score (nSPS) is 18.9. The van der Waals surface area contributed by atoms with Gasteiger partial charge >= 0.3 is 6.09 Å². The van der Waals surface area contributed by atoms with Gasteiger partial charge in [-0.1, -0.05) is 33.6 Å². The molecule has 142 valence electrons. The lowest BCUT2D eigenvalue weighted by molar-refractivity contribution is 0.0330. The Morgan fingerprint density at radius 2 is 1.75 bits per heavy atom. The second-order valence-corrected chi connectivity index (χ2v) is 14.3. The molecule has 0 aromatic rings. The molecule has 0 radical (unpaired) electrons. The molecular weight excluding hydrogens is 322 g/mol. The molecule has 2 atom stereocenters. The highest BCUT2D eigenvalue weighted by Crippen LogP contribution is 2.39. The first kappa shape index (κ1) is 21.4. The molecule has 5 nitrogen and oxygen atoms in total. The van der Waals surface area contributed by atoms with Crippen molar-refractivity contribution >= 4 is 14.4 Å². The summed E-state index contributed by atoms with van der Waals surface area (Å²) in [5, 5.41) is 12.9. The molecule has 2 N–H and O–H groups in total. The maximum Gasteiger partial charge on any atom is 0.407 e. The number of alkyl carbamates (subject to hydrolysis) is 1. The van der Waals surface area contributed by atoms with E-state index in [1.807, 2.05) is 20.8 Å². The standard InChI is InChI=1S/C18H37NO4Si/c1-17(2,3)22-16(21)19-14(11-13-9-10-13)15(12-20)23-24(7,8)18(4,5)6/h13-15,20H,9-12H2,1-8H3,(H,19,21)/t14-,15-/m0/s1. The Morgan fingerprint density at radius 3 is 2.12 bits per heavy atom. The summed E-state index contributed by atoms with van der Waals surface area (Å²) in [5.74, 6) is 0.613. The molecule has 6 heteroatoms. The number of rotatable bonds is 7. The molecule has 0 aliphatic heterocycles. The van der Waals surface area contributed by atoms with E-state index in [4.69, 9.17) is 9.16 Å². The lowest BCUT2D eigenvalue weighted by atomic mass is 10.1. The van der Waals surface area contributed by atoms with E-state index in [2.05, 4.69) is 39.2 Å². The zero-order valence-corrected chi connectivity index (χ0v) is 17.7. The Hall–Kier alpha value is -0.593. The summed E-state index contributed by atoms with van der Waals surface area (Å²) in [6.07, 6.45) is 2.37. The third-order valence-electron chi connectivity index (χ3n) is 4.87. The summed E-state index contributed by atoms with van der Waals surface area (Å²) >= 11 is 0. The first-order chi connectivity index (χ1) is 10.7. The Morgan fingerprint density at radius 1 is 1.21 bits per heavy atom. The number of carbonyl (C=O) groups is 1. The molecule has 0 unspecified atom stereocenters. The minimum absolute atomic E-state index is 0.0521. The molecule has 0 saturated heterocycles. The Labute approximate surface area is 148 Å². The molecule has 0 spiro atoms. The first-order valence-electron chi connectivity index (χ1n) is 9.03. The van der Waals surface area contributed by atoms with Gasteiger partial charge < -0.3 is 19.6 Å². The van der Waals surface area contributed by atoms with Crippen molar-refractivity contribution in [3.63, 3.8) is 0 Å². The number of nitrogens with one attached hydrogen (secondary N) is 1. The fraction of sp³-hybridized carbons (Fsp3) is 0.944. The molecule has 1 aliphatic carbocycles. The van der Waals surface area contributed by atoms with Crippen molar-refractivity contribution in [2.24, 2.45) is 5.92 Å². The highest BCUT2D eigenvalue weighted by atomic mass is 28.4. The van der Waals surface area contributed by atoms with Gasteiger partial charge in [0.1, 0.15) is 5.60 Å². The van der Waals surface area contributed by atoms with Crippen LogP contribution < -0.4 is 5.32 Å². The van der Waals surface area contributed by atoms with Gasteiger partial charge in [-0.05, 0) is 51.2 Å². The molecule has 1 rings (SSSR count). The summed E-state index contributed by atoms with van der Waals surface area (Å²) in [6.45, 7) is 16.3. The highest BCUT2D eigenvalue weighted by Gasteiger charge is 2.42. The van der Waals surface area contributed by atoms with E-state index in [1.165, 1.54) is 12.8 Å². The second-order valence-electron chi connectivity index (χ2n) is 9.53. The quantitative estimate of drug-likeness (QED) is 0.673. The van der Waals surface area contributed by atoms with Crippen molar-refractivity contribution in [3.8, 4) is 0 Å². The van der Waals surface area contributed by atoms with Gasteiger partial charge in [0, 0.05) is 0 Å². The smallest absolute Gasteiger partial charge is 0.407 e. The van der Waals surface area contributed by atoms with Crippen molar-refractivity contribution in [2.45, 2.75) is 96.7 Å². The maximum atomic E-state index is 12.2. The summed E-state index contributed by atoms with van der Waals surface area (Å²) in [6, 6.07) is -0.216. The van der Waals surface area contributed by atoms with Crippen LogP contribution in [0.3, 0.4) is 0 Å². The Bertz CT molecular complexity index is 422. The molecule has 1 saturated carbocycles. The second kappa shape index (κ2) is 7.75. The van der Waals surface area contributed by atoms with Crippen molar-refractivity contribution < 1.29 is 19.1 Å². The van der Waals surface area contributed by atoms with Gasteiger partial charge in [-0.25, -0.2) is 4.79 Å². The summed E-state index contributed by atoms with van der Waals surface area (Å²) in [4.78, 5) is 12.2. The third kappa shape index (κ3) is 7.11. The summed E-state index contributed by atoms with van der Waals surface area (Å²) < 4.78 is 11.8. The number of ether oxygens (including phenoxy) is 1. The van der Waals surface area contributed by atoms with Gasteiger partial charge in [-0.15, -0.1) is 0 Å². The van der Waals surface area contributed by atoms with Crippen LogP contribution in [0.15, 0.2) is 0 Å². The highest BCUT2D eigenvalue weighted by molar-refractivity contribution is 6.74. The molecular formula is C18H37NO4Si. The Balaban J connectivity index is 2.81. The molecule has 0 aromatic heterocycles. The Kier molecular flexibility index (Phi) is 6.92. The van der Waals surface area contributed by atoms with E-state index >= 15 is 0 Å². The van der Waals surface area contributed by atoms with Crippen molar-refractivity contribution in [1.82, 2.24) is 5.32 Å². The largest absolute Gasteiger partial charge is 0.444 e. The van der Waals surface area contributed by atoms with Crippen LogP contribution in [0.4, 0.5) is 4.79 Å². The van der Waals surface area contributed by atoms with Crippen LogP contribution in [0.2, 0.25) is 18.1 Å². The predicted octanol–water partition coefficient (Wildman–Crippen LogP) is 4.06. The van der Waals surface area contributed by atoms with Gasteiger partial charge in [0.15, 0.2) is 8.32 Å². The zero-order chi connectivity index (χ0) is 18.8. The summed E-state index contributed by atoms with van der Waals surface area (Å²) in [5.41, 5.74) is -0.538. The van der Waals surface area contributed by atoms with E-state index in [1.54, 1.807) is 0 Å². The van der Waals surface area contributed by atoms with Crippen LogP contribution in [0.1, 0.15) is 60.8 Å². The van der Waals surface area contributed by atoms with Crippen LogP contribution >= 0.6 is 0 Å². The number of aliphatic hydroxyl groups is 1. The first-order valence-corrected chi connectivity index (χ1v) is 11.9. The van der Waals surface area contributed by atoms with E-state index in [0.717, 1.165) is 6.42 Å². The average Bonchev–Trinajstić information content (AvgIpc) is 3.15. The minimum Gasteiger partial charge on any atom is -0.444 e. The van der Waals surface area contributed by atoms with Crippen LogP contribution in [0, 0.1) is 5.92 Å². The fourth-order valence-electron chi connectivity index (χ4n) is 2.28. The molecule has 1 aliphatic rings. The number of hydrogen-bond donors (Lipinski definition) is 2. The maximum absolute atomic E-state index is 12.2. The van der Waals surface area contributed by atoms with Gasteiger partial charge in [-0.3, -0.25) is 0 Å². The zero-order valence-electron chi connectivity index (χ0n) is 16.7. The topological polar surface area (TPSA) is 67.8 Å². The number of hydrogen-bond acceptors (Lipinski definition) is 4. The molecule has 24 heavy (non-hydrogen) atoms. The molecule has 0 bridgehead atoms. The van der Waals surface area contributed by atoms with Crippen LogP contribution in [-0.2, 0) is 9.16 Å². The van der Waals surface area contributed by atoms with E-state index in [-0.39, 0.29) is 23.8 Å². The van der Waals surface area contributed by atoms with E-state index in [0.29, 0.717) is 5.92 Å². The fourth-order valence-corrected chi connectivity index (χ4v) is 3.63. The molecule has 0 heterocycles. The van der Waals surface area contributed by atoms with Gasteiger partial charge in [0.25, 0.3) is 0 Å². The summed E-state index contributed by atoms with van der Waals surface area (Å²) in [7, 11) is -2.03. The molecule has 1 amide bonds. The van der Waals surface area contributed by atoms with Gasteiger partial charge in [0.05, 0.1) is 18.8 Å². The van der Waals surface area contributed by atoms with Crippen molar-refractivity contribution in [2.75, 3.05) is 6.61 Å². The van der Waals surface area contributed by atoms with Gasteiger partial charge in [-0.2, -0.15) is 0 Å². The van der Waals surface area contributed by atoms with Crippen LogP contribution in [0.5, 0.6) is 0 Å². The van der Waals surface area contributed by atoms with Gasteiger partial charge in [0.2, 0.25) is 0 Å². The van der Waals surface area contributed by atoms with Crippen LogP contribution in [-0.4, -0.2) is 43.9 Å². The third-order valence-corrected chi connectivity index (χ3v) is 9.37. The average molecular weight is 360 g/mol. The number of carbonyl (C=O) groups excluding carboxylic acids is 1. The SMILES string of the molecule is CC(C)(C)OC(=O)N[C@@H](CC1CC1)[C@H](CO)O[Si](C)(C)C(C)(C)C. The number of aliphatic hydroxyl groups excluding tert-OH is 1. The molecule has 0 aromatic carbocycles. The lowest BCUT2D eigenvalue weighted by Crippen LogP contribution is -2.53. The van der Waals surface area contributed by atoms with E-state index in [9.17, 15) is 9.90 Å². The monoisotopic (exact) mass is 359 g/mol. The number of amides is 1. The lowest BCUT2D eigenvalue weighted by Gasteiger charge is -2.41. The molecule has 1 fully saturated rings. The predicted molar refractivity (Wildman–Crippen MR) is 99.7 cm³/mol. The van der Waals surface area contributed by atoms with Crippen molar-refractivity contribution in [3.05, 3.63) is 0 Å². The van der Waals surface area contributed by atoms with Crippen LogP contribution in [0.25, 0.3) is 0 Å². The van der Waals surface area contributed by atoms with E-state index < -0.39 is 20.0 Å².